The average Bonchev–Trinajstić information content (AvgIpc) is 2.78. The lowest BCUT2D eigenvalue weighted by molar-refractivity contribution is -0.118. The smallest absolute Gasteiger partial charge is 0.227 e. The molecule has 1 unspecified atom stereocenters. The maximum absolute atomic E-state index is 13.4. The molecule has 0 spiro atoms. The molecule has 1 heterocycles. The number of hydrogen-bond acceptors (Lipinski definition) is 2. The number of nitrogens with one attached hydrogen (secondary N) is 1. The normalized spacial score (nSPS) is 18.9. The fraction of sp³-hybridized carbons (Fsp3) is 0.417. The molecule has 0 radical (unpaired) electrons. The van der Waals surface area contributed by atoms with Gasteiger partial charge in [-0.3, -0.25) is 4.79 Å². The number of carbonyl (C=O) groups is 1. The summed E-state index contributed by atoms with van der Waals surface area (Å²) in [5, 5.41) is 2.41. The van der Waals surface area contributed by atoms with Crippen molar-refractivity contribution in [2.75, 3.05) is 11.9 Å². The summed E-state index contributed by atoms with van der Waals surface area (Å²) in [6.45, 7) is 0.661. The van der Waals surface area contributed by atoms with Gasteiger partial charge in [0.2, 0.25) is 5.91 Å². The Kier molecular flexibility index (Phi) is 4.29. The third kappa shape index (κ3) is 3.26. The summed E-state index contributed by atoms with van der Waals surface area (Å²) in [5.74, 6) is -1.83. The maximum Gasteiger partial charge on any atom is 0.227 e. The molecule has 1 aromatic rings. The Morgan fingerprint density at radius 3 is 2.89 bits per heavy atom. The summed E-state index contributed by atoms with van der Waals surface area (Å²) in [6.07, 6.45) is 1.86. The minimum atomic E-state index is -0.795. The molecule has 0 aliphatic carbocycles. The zero-order valence-corrected chi connectivity index (χ0v) is 11.1. The van der Waals surface area contributed by atoms with E-state index in [0.29, 0.717) is 6.61 Å². The van der Waals surface area contributed by atoms with Crippen LogP contribution in [0.1, 0.15) is 19.3 Å². The molecule has 1 saturated heterocycles. The van der Waals surface area contributed by atoms with Gasteiger partial charge < -0.3 is 10.1 Å². The van der Waals surface area contributed by atoms with Crippen molar-refractivity contribution in [3.63, 3.8) is 0 Å². The number of anilines is 1. The predicted octanol–water partition coefficient (Wildman–Crippen LogP) is 3.23. The van der Waals surface area contributed by atoms with Crippen LogP contribution in [0.3, 0.4) is 0 Å². The standard InChI is InChI=1S/C12H12BrF2NO2/c13-8-5-11(10(15)6-9(8)14)16-12(17)4-7-2-1-3-18-7/h5-7H,1-4H2,(H,16,17). The fourth-order valence-electron chi connectivity index (χ4n) is 1.83. The molecule has 0 bridgehead atoms. The third-order valence-electron chi connectivity index (χ3n) is 2.72. The van der Waals surface area contributed by atoms with Crippen LogP contribution in [0.5, 0.6) is 0 Å². The van der Waals surface area contributed by atoms with Gasteiger partial charge in [0.25, 0.3) is 0 Å². The van der Waals surface area contributed by atoms with Gasteiger partial charge in [-0.05, 0) is 34.8 Å². The van der Waals surface area contributed by atoms with E-state index in [1.165, 1.54) is 6.07 Å². The van der Waals surface area contributed by atoms with Gasteiger partial charge in [0.05, 0.1) is 22.7 Å². The van der Waals surface area contributed by atoms with Crippen molar-refractivity contribution < 1.29 is 18.3 Å². The minimum absolute atomic E-state index is 0.0359. The Morgan fingerprint density at radius 2 is 2.22 bits per heavy atom. The molecule has 0 saturated carbocycles. The van der Waals surface area contributed by atoms with E-state index in [0.717, 1.165) is 18.9 Å². The van der Waals surface area contributed by atoms with E-state index in [1.54, 1.807) is 0 Å². The van der Waals surface area contributed by atoms with Crippen molar-refractivity contribution in [2.24, 2.45) is 0 Å². The Morgan fingerprint density at radius 1 is 1.44 bits per heavy atom. The second kappa shape index (κ2) is 5.75. The van der Waals surface area contributed by atoms with Gasteiger partial charge >= 0.3 is 0 Å². The lowest BCUT2D eigenvalue weighted by Crippen LogP contribution is -2.19. The van der Waals surface area contributed by atoms with Crippen LogP contribution in [0.25, 0.3) is 0 Å². The van der Waals surface area contributed by atoms with Crippen molar-refractivity contribution in [3.05, 3.63) is 28.2 Å². The lowest BCUT2D eigenvalue weighted by atomic mass is 10.1. The van der Waals surface area contributed by atoms with E-state index >= 15 is 0 Å². The number of halogens is 3. The van der Waals surface area contributed by atoms with Crippen LogP contribution in [-0.4, -0.2) is 18.6 Å². The van der Waals surface area contributed by atoms with Gasteiger partial charge in [-0.1, -0.05) is 0 Å². The first kappa shape index (κ1) is 13.4. The molecule has 98 valence electrons. The van der Waals surface area contributed by atoms with Gasteiger partial charge in [0.15, 0.2) is 0 Å². The third-order valence-corrected chi connectivity index (χ3v) is 3.33. The fourth-order valence-corrected chi connectivity index (χ4v) is 2.18. The molecule has 0 aromatic heterocycles. The number of rotatable bonds is 3. The van der Waals surface area contributed by atoms with Gasteiger partial charge in [0.1, 0.15) is 11.6 Å². The van der Waals surface area contributed by atoms with E-state index in [2.05, 4.69) is 21.2 Å². The molecule has 18 heavy (non-hydrogen) atoms. The van der Waals surface area contributed by atoms with Gasteiger partial charge in [0, 0.05) is 12.7 Å². The van der Waals surface area contributed by atoms with Crippen molar-refractivity contribution in [1.29, 1.82) is 0 Å². The van der Waals surface area contributed by atoms with Crippen molar-refractivity contribution in [3.8, 4) is 0 Å². The first-order valence-electron chi connectivity index (χ1n) is 5.62. The molecule has 1 fully saturated rings. The first-order valence-corrected chi connectivity index (χ1v) is 6.41. The van der Waals surface area contributed by atoms with E-state index in [4.69, 9.17) is 4.74 Å². The van der Waals surface area contributed by atoms with Crippen LogP contribution in [0.15, 0.2) is 16.6 Å². The molecular formula is C12H12BrF2NO2. The molecule has 1 N–H and O–H groups in total. The number of benzene rings is 1. The highest BCUT2D eigenvalue weighted by Gasteiger charge is 2.20. The van der Waals surface area contributed by atoms with Crippen molar-refractivity contribution in [1.82, 2.24) is 0 Å². The highest BCUT2D eigenvalue weighted by Crippen LogP contribution is 2.24. The molecule has 1 aliphatic heterocycles. The lowest BCUT2D eigenvalue weighted by Gasteiger charge is -2.10. The van der Waals surface area contributed by atoms with Crippen LogP contribution < -0.4 is 5.32 Å². The molecule has 1 aromatic carbocycles. The molecule has 1 atom stereocenters. The molecule has 1 amide bonds. The summed E-state index contributed by atoms with van der Waals surface area (Å²) < 4.78 is 31.8. The second-order valence-electron chi connectivity index (χ2n) is 4.13. The monoisotopic (exact) mass is 319 g/mol. The summed E-state index contributed by atoms with van der Waals surface area (Å²) >= 11 is 2.94. The van der Waals surface area contributed by atoms with Crippen molar-refractivity contribution >= 4 is 27.5 Å². The number of ether oxygens (including phenoxy) is 1. The Bertz CT molecular complexity index is 462. The summed E-state index contributed by atoms with van der Waals surface area (Å²) in [5.41, 5.74) is -0.0359. The van der Waals surface area contributed by atoms with E-state index in [9.17, 15) is 13.6 Å². The Hall–Kier alpha value is -1.01. The Balaban J connectivity index is 2.00. The van der Waals surface area contributed by atoms with E-state index < -0.39 is 11.6 Å². The van der Waals surface area contributed by atoms with Crippen LogP contribution >= 0.6 is 15.9 Å². The SMILES string of the molecule is O=C(CC1CCCO1)Nc1cc(Br)c(F)cc1F. The zero-order valence-electron chi connectivity index (χ0n) is 9.51. The zero-order chi connectivity index (χ0) is 13.1. The molecular weight excluding hydrogens is 308 g/mol. The van der Waals surface area contributed by atoms with Crippen LogP contribution in [0.4, 0.5) is 14.5 Å². The van der Waals surface area contributed by atoms with Crippen molar-refractivity contribution in [2.45, 2.75) is 25.4 Å². The quantitative estimate of drug-likeness (QED) is 0.869. The summed E-state index contributed by atoms with van der Waals surface area (Å²) in [7, 11) is 0. The minimum Gasteiger partial charge on any atom is -0.378 e. The van der Waals surface area contributed by atoms with Gasteiger partial charge in [-0.25, -0.2) is 8.78 Å². The number of carbonyl (C=O) groups excluding carboxylic acids is 1. The number of amides is 1. The predicted molar refractivity (Wildman–Crippen MR) is 66.3 cm³/mol. The summed E-state index contributed by atoms with van der Waals surface area (Å²) in [4.78, 5) is 11.7. The highest BCUT2D eigenvalue weighted by atomic mass is 79.9. The topological polar surface area (TPSA) is 38.3 Å². The average molecular weight is 320 g/mol. The molecule has 3 nitrogen and oxygen atoms in total. The molecule has 2 rings (SSSR count). The van der Waals surface area contributed by atoms with Crippen LogP contribution in [0.2, 0.25) is 0 Å². The van der Waals surface area contributed by atoms with Crippen LogP contribution in [0, 0.1) is 11.6 Å². The molecule has 6 heteroatoms. The van der Waals surface area contributed by atoms with E-state index in [1.807, 2.05) is 0 Å². The van der Waals surface area contributed by atoms with Crippen LogP contribution in [-0.2, 0) is 9.53 Å². The largest absolute Gasteiger partial charge is 0.378 e. The summed E-state index contributed by atoms with van der Waals surface area (Å²) in [6, 6.07) is 1.93. The molecule has 1 aliphatic rings. The first-order chi connectivity index (χ1) is 8.56. The Labute approximate surface area is 112 Å². The van der Waals surface area contributed by atoms with E-state index in [-0.39, 0.29) is 28.6 Å². The highest BCUT2D eigenvalue weighted by molar-refractivity contribution is 9.10. The van der Waals surface area contributed by atoms with Gasteiger partial charge in [-0.15, -0.1) is 0 Å². The second-order valence-corrected chi connectivity index (χ2v) is 4.99. The number of hydrogen-bond donors (Lipinski definition) is 1. The van der Waals surface area contributed by atoms with Gasteiger partial charge in [-0.2, -0.15) is 0 Å². The maximum atomic E-state index is 13.4.